The molecular formula is C20H25N5O2S. The lowest BCUT2D eigenvalue weighted by molar-refractivity contribution is 0.372. The molecule has 2 N–H and O–H groups in total. The number of nitrogens with one attached hydrogen (secondary N) is 2. The molecule has 0 aliphatic rings. The first-order valence-corrected chi connectivity index (χ1v) is 9.96. The van der Waals surface area contributed by atoms with Gasteiger partial charge in [0.15, 0.2) is 11.7 Å². The van der Waals surface area contributed by atoms with E-state index >= 15 is 0 Å². The van der Waals surface area contributed by atoms with Crippen LogP contribution in [0.4, 0.5) is 0 Å². The highest BCUT2D eigenvalue weighted by Crippen LogP contribution is 2.25. The van der Waals surface area contributed by atoms with Gasteiger partial charge in [0.05, 0.1) is 31.6 Å². The van der Waals surface area contributed by atoms with Crippen molar-refractivity contribution in [2.24, 2.45) is 4.99 Å². The van der Waals surface area contributed by atoms with E-state index in [4.69, 9.17) is 9.26 Å². The standard InChI is InChI=1S/C20H25N5O2S/c1-13(2)18-9-17(27-25-18)11-23-20(21-3)22-10-15-12-28-19(24-15)14-5-7-16(26-4)8-6-14/h5-9,12-13H,10-11H2,1-4H3,(H2,21,22,23). The highest BCUT2D eigenvalue weighted by molar-refractivity contribution is 7.13. The number of nitrogens with zero attached hydrogens (tertiary/aromatic N) is 3. The lowest BCUT2D eigenvalue weighted by Crippen LogP contribution is -2.36. The average Bonchev–Trinajstić information content (AvgIpc) is 3.38. The summed E-state index contributed by atoms with van der Waals surface area (Å²) in [5.41, 5.74) is 2.99. The third-order valence-corrected chi connectivity index (χ3v) is 5.09. The second kappa shape index (κ2) is 9.36. The van der Waals surface area contributed by atoms with Crippen molar-refractivity contribution in [2.45, 2.75) is 32.9 Å². The van der Waals surface area contributed by atoms with Crippen molar-refractivity contribution >= 4 is 17.3 Å². The Hall–Kier alpha value is -2.87. The molecule has 0 saturated carbocycles. The van der Waals surface area contributed by atoms with E-state index in [1.165, 1.54) is 0 Å². The number of benzene rings is 1. The van der Waals surface area contributed by atoms with E-state index in [0.29, 0.717) is 25.0 Å². The van der Waals surface area contributed by atoms with Gasteiger partial charge >= 0.3 is 0 Å². The number of guanidine groups is 1. The van der Waals surface area contributed by atoms with Crippen LogP contribution < -0.4 is 15.4 Å². The summed E-state index contributed by atoms with van der Waals surface area (Å²) in [5, 5.41) is 13.6. The van der Waals surface area contributed by atoms with E-state index < -0.39 is 0 Å². The van der Waals surface area contributed by atoms with Crippen LogP contribution in [0.5, 0.6) is 5.75 Å². The number of aliphatic imine (C=N–C) groups is 1. The molecule has 3 rings (SSSR count). The summed E-state index contributed by atoms with van der Waals surface area (Å²) >= 11 is 1.62. The summed E-state index contributed by atoms with van der Waals surface area (Å²) in [4.78, 5) is 8.93. The number of ether oxygens (including phenoxy) is 1. The molecule has 2 aromatic heterocycles. The van der Waals surface area contributed by atoms with Crippen molar-refractivity contribution in [1.29, 1.82) is 0 Å². The molecule has 28 heavy (non-hydrogen) atoms. The second-order valence-corrected chi connectivity index (χ2v) is 7.38. The van der Waals surface area contributed by atoms with Gasteiger partial charge in [-0.2, -0.15) is 0 Å². The van der Waals surface area contributed by atoms with Crippen LogP contribution in [0.25, 0.3) is 10.6 Å². The van der Waals surface area contributed by atoms with Gasteiger partial charge in [-0.15, -0.1) is 11.3 Å². The molecule has 0 amide bonds. The SMILES string of the molecule is CN=C(NCc1csc(-c2ccc(OC)cc2)n1)NCc1cc(C(C)C)no1. The quantitative estimate of drug-likeness (QED) is 0.464. The van der Waals surface area contributed by atoms with Crippen LogP contribution in [0.15, 0.2) is 45.2 Å². The minimum Gasteiger partial charge on any atom is -0.497 e. The maximum Gasteiger partial charge on any atom is 0.191 e. The number of thiazole rings is 1. The third-order valence-electron chi connectivity index (χ3n) is 4.15. The van der Waals surface area contributed by atoms with Crippen LogP contribution in [0.1, 0.15) is 36.9 Å². The van der Waals surface area contributed by atoms with Crippen molar-refractivity contribution < 1.29 is 9.26 Å². The highest BCUT2D eigenvalue weighted by Gasteiger charge is 2.09. The Labute approximate surface area is 168 Å². The monoisotopic (exact) mass is 399 g/mol. The molecule has 0 aliphatic carbocycles. The first kappa shape index (κ1) is 19.9. The zero-order chi connectivity index (χ0) is 19.9. The Bertz CT molecular complexity index is 915. The zero-order valence-electron chi connectivity index (χ0n) is 16.5. The topological polar surface area (TPSA) is 84.6 Å². The fraction of sp³-hybridized carbons (Fsp3) is 0.350. The Kier molecular flexibility index (Phi) is 6.65. The van der Waals surface area contributed by atoms with Crippen LogP contribution in [0, 0.1) is 0 Å². The van der Waals surface area contributed by atoms with Gasteiger partial charge in [0.2, 0.25) is 0 Å². The number of aromatic nitrogens is 2. The molecule has 0 aliphatic heterocycles. The molecule has 0 fully saturated rings. The van der Waals surface area contributed by atoms with Crippen molar-refractivity contribution in [2.75, 3.05) is 14.2 Å². The van der Waals surface area contributed by atoms with E-state index in [9.17, 15) is 0 Å². The molecule has 148 valence electrons. The van der Waals surface area contributed by atoms with Gasteiger partial charge in [0.25, 0.3) is 0 Å². The average molecular weight is 400 g/mol. The lowest BCUT2D eigenvalue weighted by Gasteiger charge is -2.09. The van der Waals surface area contributed by atoms with E-state index in [2.05, 4.69) is 39.6 Å². The molecule has 0 saturated heterocycles. The molecule has 7 nitrogen and oxygen atoms in total. The van der Waals surface area contributed by atoms with Crippen LogP contribution in [-0.4, -0.2) is 30.3 Å². The van der Waals surface area contributed by atoms with Gasteiger partial charge < -0.3 is 19.9 Å². The third kappa shape index (κ3) is 5.10. The normalized spacial score (nSPS) is 11.7. The summed E-state index contributed by atoms with van der Waals surface area (Å²) < 4.78 is 10.5. The van der Waals surface area contributed by atoms with Gasteiger partial charge in [-0.25, -0.2) is 4.98 Å². The summed E-state index contributed by atoms with van der Waals surface area (Å²) in [6.07, 6.45) is 0. The van der Waals surface area contributed by atoms with Crippen molar-refractivity contribution in [1.82, 2.24) is 20.8 Å². The maximum absolute atomic E-state index is 5.34. The van der Waals surface area contributed by atoms with Crippen LogP contribution in [0.2, 0.25) is 0 Å². The molecular weight excluding hydrogens is 374 g/mol. The van der Waals surface area contributed by atoms with Gasteiger partial charge in [-0.1, -0.05) is 19.0 Å². The van der Waals surface area contributed by atoms with Gasteiger partial charge in [0.1, 0.15) is 10.8 Å². The smallest absolute Gasteiger partial charge is 0.191 e. The molecule has 2 heterocycles. The van der Waals surface area contributed by atoms with E-state index in [1.807, 2.05) is 35.7 Å². The molecule has 0 spiro atoms. The summed E-state index contributed by atoms with van der Waals surface area (Å²) in [5.74, 6) is 2.65. The van der Waals surface area contributed by atoms with Gasteiger partial charge in [0, 0.05) is 24.1 Å². The maximum atomic E-state index is 5.34. The van der Waals surface area contributed by atoms with Crippen molar-refractivity contribution in [3.8, 4) is 16.3 Å². The Morgan fingerprint density at radius 3 is 2.61 bits per heavy atom. The Morgan fingerprint density at radius 1 is 1.21 bits per heavy atom. The minimum absolute atomic E-state index is 0.347. The first-order chi connectivity index (χ1) is 13.6. The fourth-order valence-corrected chi connectivity index (χ4v) is 3.33. The molecule has 3 aromatic rings. The molecule has 0 unspecified atom stereocenters. The first-order valence-electron chi connectivity index (χ1n) is 9.08. The van der Waals surface area contributed by atoms with Gasteiger partial charge in [-0.3, -0.25) is 4.99 Å². The summed E-state index contributed by atoms with van der Waals surface area (Å²) in [7, 11) is 3.40. The Morgan fingerprint density at radius 2 is 1.96 bits per heavy atom. The zero-order valence-corrected chi connectivity index (χ0v) is 17.3. The minimum atomic E-state index is 0.347. The van der Waals surface area contributed by atoms with Crippen molar-refractivity contribution in [3.63, 3.8) is 0 Å². The predicted molar refractivity (Wildman–Crippen MR) is 112 cm³/mol. The summed E-state index contributed by atoms with van der Waals surface area (Å²) in [6, 6.07) is 9.87. The number of rotatable bonds is 7. The second-order valence-electron chi connectivity index (χ2n) is 6.52. The lowest BCUT2D eigenvalue weighted by atomic mass is 10.1. The van der Waals surface area contributed by atoms with E-state index in [-0.39, 0.29) is 0 Å². The van der Waals surface area contributed by atoms with Crippen LogP contribution in [0.3, 0.4) is 0 Å². The van der Waals surface area contributed by atoms with Crippen LogP contribution >= 0.6 is 11.3 Å². The molecule has 0 bridgehead atoms. The molecule has 0 atom stereocenters. The Balaban J connectivity index is 1.52. The number of hydrogen-bond donors (Lipinski definition) is 2. The van der Waals surface area contributed by atoms with Crippen LogP contribution in [-0.2, 0) is 13.1 Å². The molecule has 8 heteroatoms. The molecule has 0 radical (unpaired) electrons. The number of methoxy groups -OCH3 is 1. The number of hydrogen-bond acceptors (Lipinski definition) is 6. The van der Waals surface area contributed by atoms with Crippen molar-refractivity contribution in [3.05, 3.63) is 52.9 Å². The van der Waals surface area contributed by atoms with E-state index in [0.717, 1.165) is 33.5 Å². The highest BCUT2D eigenvalue weighted by atomic mass is 32.1. The fourth-order valence-electron chi connectivity index (χ4n) is 2.50. The molecule has 1 aromatic carbocycles. The largest absolute Gasteiger partial charge is 0.497 e. The summed E-state index contributed by atoms with van der Waals surface area (Å²) in [6.45, 7) is 5.28. The predicted octanol–water partition coefficient (Wildman–Crippen LogP) is 3.80. The van der Waals surface area contributed by atoms with Gasteiger partial charge in [-0.05, 0) is 30.2 Å². The van der Waals surface area contributed by atoms with E-state index in [1.54, 1.807) is 25.5 Å².